The lowest BCUT2D eigenvalue weighted by Gasteiger charge is -2.20. The maximum Gasteiger partial charge on any atom is 0.137 e. The summed E-state index contributed by atoms with van der Waals surface area (Å²) in [6.45, 7) is 0. The Bertz CT molecular complexity index is 2850. The van der Waals surface area contributed by atoms with Gasteiger partial charge in [-0.3, -0.25) is 9.55 Å². The Morgan fingerprint density at radius 2 is 0.941 bits per heavy atom. The van der Waals surface area contributed by atoms with Gasteiger partial charge in [0.2, 0.25) is 0 Å². The van der Waals surface area contributed by atoms with E-state index in [2.05, 4.69) is 162 Å². The number of rotatable bonds is 4. The molecule has 0 bridgehead atoms. The summed E-state index contributed by atoms with van der Waals surface area (Å²) in [6, 6.07) is 59.1. The molecule has 3 heteroatoms. The fourth-order valence-electron chi connectivity index (χ4n) is 8.57. The van der Waals surface area contributed by atoms with Crippen LogP contribution in [0, 0.1) is 0 Å². The third-order valence-electron chi connectivity index (χ3n) is 10.6. The summed E-state index contributed by atoms with van der Waals surface area (Å²) in [5.41, 5.74) is 15.6. The van der Waals surface area contributed by atoms with Crippen LogP contribution in [0.4, 0.5) is 0 Å². The Morgan fingerprint density at radius 1 is 0.353 bits per heavy atom. The summed E-state index contributed by atoms with van der Waals surface area (Å²) < 4.78 is 2.21. The van der Waals surface area contributed by atoms with Crippen molar-refractivity contribution in [3.8, 4) is 61.5 Å². The molecule has 0 spiro atoms. The van der Waals surface area contributed by atoms with Crippen molar-refractivity contribution in [2.75, 3.05) is 0 Å². The second-order valence-corrected chi connectivity index (χ2v) is 13.3. The predicted molar refractivity (Wildman–Crippen MR) is 212 cm³/mol. The molecule has 0 unspecified atom stereocenters. The summed E-state index contributed by atoms with van der Waals surface area (Å²) in [4.78, 5) is 9.80. The molecule has 1 aliphatic rings. The van der Waals surface area contributed by atoms with Gasteiger partial charge in [-0.1, -0.05) is 133 Å². The molecule has 3 aromatic heterocycles. The third kappa shape index (κ3) is 4.00. The van der Waals surface area contributed by atoms with E-state index in [-0.39, 0.29) is 0 Å². The predicted octanol–water partition coefficient (Wildman–Crippen LogP) is 12.5. The number of fused-ring (bicyclic) bond motifs is 7. The Morgan fingerprint density at radius 3 is 1.63 bits per heavy atom. The molecule has 3 nitrogen and oxygen atoms in total. The zero-order chi connectivity index (χ0) is 33.5. The van der Waals surface area contributed by atoms with Crippen molar-refractivity contribution >= 4 is 43.5 Å². The third-order valence-corrected chi connectivity index (χ3v) is 10.6. The van der Waals surface area contributed by atoms with Crippen LogP contribution in [-0.4, -0.2) is 14.5 Å². The first-order valence-electron chi connectivity index (χ1n) is 17.4. The highest BCUT2D eigenvalue weighted by atomic mass is 15.1. The lowest BCUT2D eigenvalue weighted by molar-refractivity contribution is 1.08. The molecule has 3 heterocycles. The van der Waals surface area contributed by atoms with E-state index in [1.165, 1.54) is 71.6 Å². The highest BCUT2D eigenvalue weighted by Gasteiger charge is 2.31. The topological polar surface area (TPSA) is 30.7 Å². The van der Waals surface area contributed by atoms with Gasteiger partial charge in [-0.05, 0) is 102 Å². The standard InChI is InChI=1S/C48H29N3/c1-3-13-30(14-4-1)43-35-17-7-8-18-36(35)44(31-15-5-2-6-16-31)47-39-26-25-33(34-20-11-21-38(45(34)39)46(43)47)32-24-27-42(50-29-32)51-40-22-10-9-19-37(40)48-41(51)23-12-28-49-48/h1-29H. The van der Waals surface area contributed by atoms with Crippen LogP contribution >= 0.6 is 0 Å². The van der Waals surface area contributed by atoms with Gasteiger partial charge >= 0.3 is 0 Å². The Labute approximate surface area is 294 Å². The Balaban J connectivity index is 1.15. The van der Waals surface area contributed by atoms with E-state index in [1.807, 2.05) is 18.5 Å². The van der Waals surface area contributed by atoms with Gasteiger partial charge in [0.15, 0.2) is 0 Å². The average Bonchev–Trinajstić information content (AvgIpc) is 3.72. The van der Waals surface area contributed by atoms with Crippen LogP contribution < -0.4 is 0 Å². The van der Waals surface area contributed by atoms with Crippen LogP contribution in [0.5, 0.6) is 0 Å². The SMILES string of the molecule is c1ccc(-c2c3c(c(-c4ccccc4)c4ccccc24)-c2ccc(-c4ccc(-n5c6ccccc6c6ncccc65)nc4)c4cccc-3c24)cc1. The van der Waals surface area contributed by atoms with Gasteiger partial charge in [0.1, 0.15) is 5.82 Å². The molecular weight excluding hydrogens is 619 g/mol. The zero-order valence-corrected chi connectivity index (χ0v) is 27.6. The number of hydrogen-bond donors (Lipinski definition) is 0. The molecule has 0 saturated carbocycles. The molecule has 10 aromatic rings. The second kappa shape index (κ2) is 10.8. The fraction of sp³-hybridized carbons (Fsp3) is 0. The minimum absolute atomic E-state index is 0.878. The van der Waals surface area contributed by atoms with Gasteiger partial charge in [0.05, 0.1) is 16.6 Å². The zero-order valence-electron chi connectivity index (χ0n) is 27.6. The summed E-state index contributed by atoms with van der Waals surface area (Å²) >= 11 is 0. The molecule has 0 fully saturated rings. The van der Waals surface area contributed by atoms with Crippen molar-refractivity contribution in [2.45, 2.75) is 0 Å². The molecule has 0 amide bonds. The summed E-state index contributed by atoms with van der Waals surface area (Å²) in [5.74, 6) is 0.878. The van der Waals surface area contributed by atoms with E-state index >= 15 is 0 Å². The molecule has 51 heavy (non-hydrogen) atoms. The number of aromatic nitrogens is 3. The first kappa shape index (κ1) is 28.0. The first-order chi connectivity index (χ1) is 25.3. The van der Waals surface area contributed by atoms with Crippen LogP contribution in [-0.2, 0) is 0 Å². The van der Waals surface area contributed by atoms with Crippen molar-refractivity contribution in [1.82, 2.24) is 14.5 Å². The van der Waals surface area contributed by atoms with E-state index < -0.39 is 0 Å². The maximum atomic E-state index is 5.08. The largest absolute Gasteiger partial charge is 0.292 e. The van der Waals surface area contributed by atoms with Gasteiger partial charge in [0, 0.05) is 23.3 Å². The quantitative estimate of drug-likeness (QED) is 0.190. The second-order valence-electron chi connectivity index (χ2n) is 13.3. The number of benzene rings is 7. The molecule has 11 rings (SSSR count). The molecule has 0 aliphatic heterocycles. The molecule has 0 atom stereocenters. The molecular formula is C48H29N3. The number of pyridine rings is 2. The van der Waals surface area contributed by atoms with Gasteiger partial charge in [0.25, 0.3) is 0 Å². The van der Waals surface area contributed by atoms with Crippen molar-refractivity contribution in [3.05, 3.63) is 176 Å². The van der Waals surface area contributed by atoms with Crippen LogP contribution in [0.15, 0.2) is 176 Å². The first-order valence-corrected chi connectivity index (χ1v) is 17.4. The van der Waals surface area contributed by atoms with Crippen LogP contribution in [0.1, 0.15) is 0 Å². The normalized spacial score (nSPS) is 11.9. The molecule has 0 saturated heterocycles. The summed E-state index contributed by atoms with van der Waals surface area (Å²) in [7, 11) is 0. The monoisotopic (exact) mass is 647 g/mol. The van der Waals surface area contributed by atoms with Crippen molar-refractivity contribution in [3.63, 3.8) is 0 Å². The molecule has 0 radical (unpaired) electrons. The van der Waals surface area contributed by atoms with Crippen LogP contribution in [0.2, 0.25) is 0 Å². The minimum atomic E-state index is 0.878. The van der Waals surface area contributed by atoms with E-state index in [1.54, 1.807) is 0 Å². The van der Waals surface area contributed by atoms with E-state index in [9.17, 15) is 0 Å². The Kier molecular flexibility index (Phi) is 5.96. The fourth-order valence-corrected chi connectivity index (χ4v) is 8.57. The molecule has 1 aliphatic carbocycles. The van der Waals surface area contributed by atoms with Crippen molar-refractivity contribution in [2.24, 2.45) is 0 Å². The molecule has 236 valence electrons. The lowest BCUT2D eigenvalue weighted by atomic mass is 9.82. The molecule has 7 aromatic carbocycles. The summed E-state index contributed by atoms with van der Waals surface area (Å²) in [6.07, 6.45) is 3.88. The van der Waals surface area contributed by atoms with Gasteiger partial charge in [-0.15, -0.1) is 0 Å². The summed E-state index contributed by atoms with van der Waals surface area (Å²) in [5, 5.41) is 6.20. The highest BCUT2D eigenvalue weighted by Crippen LogP contribution is 2.58. The number of para-hydroxylation sites is 1. The lowest BCUT2D eigenvalue weighted by Crippen LogP contribution is -1.97. The molecule has 0 N–H and O–H groups in total. The number of nitrogens with zero attached hydrogens (tertiary/aromatic N) is 3. The van der Waals surface area contributed by atoms with E-state index in [4.69, 9.17) is 9.97 Å². The smallest absolute Gasteiger partial charge is 0.137 e. The van der Waals surface area contributed by atoms with Gasteiger partial charge < -0.3 is 0 Å². The van der Waals surface area contributed by atoms with Crippen LogP contribution in [0.25, 0.3) is 105 Å². The van der Waals surface area contributed by atoms with Crippen molar-refractivity contribution < 1.29 is 0 Å². The van der Waals surface area contributed by atoms with Gasteiger partial charge in [-0.25, -0.2) is 4.98 Å². The highest BCUT2D eigenvalue weighted by molar-refractivity contribution is 6.28. The Hall–Kier alpha value is -6.84. The van der Waals surface area contributed by atoms with E-state index in [0.29, 0.717) is 0 Å². The average molecular weight is 648 g/mol. The van der Waals surface area contributed by atoms with Gasteiger partial charge in [-0.2, -0.15) is 0 Å². The number of hydrogen-bond acceptors (Lipinski definition) is 2. The van der Waals surface area contributed by atoms with Crippen LogP contribution in [0.3, 0.4) is 0 Å². The van der Waals surface area contributed by atoms with E-state index in [0.717, 1.165) is 33.3 Å². The van der Waals surface area contributed by atoms with Crippen molar-refractivity contribution in [1.29, 1.82) is 0 Å². The minimum Gasteiger partial charge on any atom is -0.292 e. The maximum absolute atomic E-state index is 5.08.